The molecule has 0 amide bonds. The number of nitrogens with zero attached hydrogens (tertiary/aromatic N) is 4. The van der Waals surface area contributed by atoms with Gasteiger partial charge in [-0.15, -0.1) is 0 Å². The van der Waals surface area contributed by atoms with Gasteiger partial charge < -0.3 is 4.90 Å². The summed E-state index contributed by atoms with van der Waals surface area (Å²) >= 11 is 0. The molecule has 0 radical (unpaired) electrons. The molecule has 1 N–H and O–H groups in total. The Hall–Kier alpha value is -1.36. The van der Waals surface area contributed by atoms with Gasteiger partial charge >= 0.3 is 0 Å². The molecule has 0 spiro atoms. The fraction of sp³-hybridized carbons (Fsp3) is 0.750. The molecular formula is C16H29N5. The summed E-state index contributed by atoms with van der Waals surface area (Å²) in [6.07, 6.45) is 8.29. The number of aliphatic imine (C=N–C) groups is 2. The van der Waals surface area contributed by atoms with Gasteiger partial charge in [-0.25, -0.2) is 9.98 Å². The van der Waals surface area contributed by atoms with Crippen molar-refractivity contribution >= 4 is 12.2 Å². The van der Waals surface area contributed by atoms with Crippen molar-refractivity contribution in [2.45, 2.75) is 58.0 Å². The van der Waals surface area contributed by atoms with Crippen LogP contribution in [0.25, 0.3) is 0 Å². The Morgan fingerprint density at radius 2 is 1.90 bits per heavy atom. The van der Waals surface area contributed by atoms with Crippen molar-refractivity contribution < 1.29 is 0 Å². The topological polar surface area (TPSA) is 43.2 Å². The van der Waals surface area contributed by atoms with Gasteiger partial charge in [-0.05, 0) is 25.7 Å². The van der Waals surface area contributed by atoms with Crippen LogP contribution in [0.2, 0.25) is 0 Å². The van der Waals surface area contributed by atoms with Crippen molar-refractivity contribution in [2.24, 2.45) is 9.98 Å². The molecule has 0 unspecified atom stereocenters. The third-order valence-electron chi connectivity index (χ3n) is 4.43. The van der Waals surface area contributed by atoms with Crippen LogP contribution >= 0.6 is 0 Å². The van der Waals surface area contributed by atoms with Crippen LogP contribution in [0.5, 0.6) is 0 Å². The van der Waals surface area contributed by atoms with Gasteiger partial charge in [0.25, 0.3) is 0 Å². The smallest absolute Gasteiger partial charge is 0.237 e. The number of allylic oxidation sites excluding steroid dienone is 1. The maximum Gasteiger partial charge on any atom is 0.237 e. The fourth-order valence-corrected chi connectivity index (χ4v) is 2.84. The first kappa shape index (κ1) is 16.0. The van der Waals surface area contributed by atoms with Gasteiger partial charge in [0.15, 0.2) is 0 Å². The van der Waals surface area contributed by atoms with Crippen LogP contribution in [-0.4, -0.2) is 54.3 Å². The van der Waals surface area contributed by atoms with Crippen molar-refractivity contribution in [3.05, 3.63) is 12.3 Å². The third kappa shape index (κ3) is 4.06. The molecule has 5 nitrogen and oxygen atoms in total. The third-order valence-corrected chi connectivity index (χ3v) is 4.43. The first-order valence-corrected chi connectivity index (χ1v) is 8.27. The highest BCUT2D eigenvalue weighted by Crippen LogP contribution is 2.28. The van der Waals surface area contributed by atoms with Gasteiger partial charge in [-0.1, -0.05) is 26.8 Å². The van der Waals surface area contributed by atoms with Crippen molar-refractivity contribution in [2.75, 3.05) is 20.1 Å². The molecule has 21 heavy (non-hydrogen) atoms. The molecular weight excluding hydrogens is 262 g/mol. The van der Waals surface area contributed by atoms with Crippen LogP contribution < -0.4 is 5.43 Å². The minimum Gasteiger partial charge on any atom is -0.300 e. The first-order valence-electron chi connectivity index (χ1n) is 8.27. The van der Waals surface area contributed by atoms with E-state index in [1.807, 2.05) is 25.9 Å². The summed E-state index contributed by atoms with van der Waals surface area (Å²) in [5.74, 6) is 0.719. The molecule has 5 heteroatoms. The highest BCUT2D eigenvalue weighted by Gasteiger charge is 2.28. The molecule has 3 aliphatic rings. The van der Waals surface area contributed by atoms with Crippen LogP contribution in [0.1, 0.15) is 46.0 Å². The Labute approximate surface area is 128 Å². The van der Waals surface area contributed by atoms with E-state index in [0.717, 1.165) is 30.5 Å². The Morgan fingerprint density at radius 1 is 1.24 bits per heavy atom. The molecule has 1 saturated heterocycles. The predicted octanol–water partition coefficient (Wildman–Crippen LogP) is 2.42. The summed E-state index contributed by atoms with van der Waals surface area (Å²) in [6, 6.07) is 1.28. The number of rotatable bonds is 2. The zero-order valence-corrected chi connectivity index (χ0v) is 13.7. The van der Waals surface area contributed by atoms with Gasteiger partial charge in [0.1, 0.15) is 0 Å². The lowest BCUT2D eigenvalue weighted by Gasteiger charge is -2.41. The number of piperidine rings is 1. The second-order valence-corrected chi connectivity index (χ2v) is 5.72. The highest BCUT2D eigenvalue weighted by molar-refractivity contribution is 5.95. The highest BCUT2D eigenvalue weighted by atomic mass is 15.5. The zero-order chi connectivity index (χ0) is 15.2. The summed E-state index contributed by atoms with van der Waals surface area (Å²) in [4.78, 5) is 11.7. The van der Waals surface area contributed by atoms with E-state index in [1.54, 1.807) is 6.21 Å². The molecule has 2 aliphatic heterocycles. The van der Waals surface area contributed by atoms with Gasteiger partial charge in [-0.3, -0.25) is 10.4 Å². The Balaban J connectivity index is 0.000000774. The minimum atomic E-state index is 0.413. The number of nitrogens with one attached hydrogen (secondary N) is 1. The molecule has 0 aromatic carbocycles. The van der Waals surface area contributed by atoms with Crippen LogP contribution in [-0.2, 0) is 0 Å². The van der Waals surface area contributed by atoms with Crippen molar-refractivity contribution in [3.8, 4) is 0 Å². The summed E-state index contributed by atoms with van der Waals surface area (Å²) in [6.45, 7) is 10.3. The standard InChI is InChI=1S/C14H23N5.C2H6/c1-11-10-15-14(17-18(11)2)16-12-6-8-19(9-7-12)13-4-3-5-13;1-2/h10,12-13H,1,3-9H2,2H3,(H,16,17);1-2H3. The average Bonchev–Trinajstić information content (AvgIpc) is 2.45. The number of hydrazine groups is 1. The summed E-state index contributed by atoms with van der Waals surface area (Å²) in [7, 11) is 1.93. The largest absolute Gasteiger partial charge is 0.300 e. The lowest BCUT2D eigenvalue weighted by molar-refractivity contribution is 0.0985. The average molecular weight is 291 g/mol. The quantitative estimate of drug-likeness (QED) is 0.849. The van der Waals surface area contributed by atoms with Gasteiger partial charge in [0, 0.05) is 26.2 Å². The molecule has 1 saturated carbocycles. The molecule has 0 atom stereocenters. The van der Waals surface area contributed by atoms with E-state index >= 15 is 0 Å². The van der Waals surface area contributed by atoms with E-state index in [9.17, 15) is 0 Å². The Kier molecular flexibility index (Phi) is 5.79. The normalized spacial score (nSPS) is 26.1. The second-order valence-electron chi connectivity index (χ2n) is 5.72. The zero-order valence-electron chi connectivity index (χ0n) is 13.7. The van der Waals surface area contributed by atoms with Gasteiger partial charge in [0.2, 0.25) is 5.96 Å². The van der Waals surface area contributed by atoms with Crippen LogP contribution in [0.3, 0.4) is 0 Å². The number of likely N-dealkylation sites (tertiary alicyclic amines) is 1. The monoisotopic (exact) mass is 291 g/mol. The van der Waals surface area contributed by atoms with Crippen LogP contribution in [0.4, 0.5) is 0 Å². The number of hydrogen-bond acceptors (Lipinski definition) is 3. The lowest BCUT2D eigenvalue weighted by atomic mass is 9.89. The predicted molar refractivity (Wildman–Crippen MR) is 89.5 cm³/mol. The molecule has 118 valence electrons. The van der Waals surface area contributed by atoms with E-state index in [-0.39, 0.29) is 0 Å². The SMILES string of the molecule is C=C1C=NC(=NC2CCN(C3CCC3)CC2)NN1C.CC. The second kappa shape index (κ2) is 7.59. The van der Waals surface area contributed by atoms with E-state index in [0.29, 0.717) is 6.04 Å². The summed E-state index contributed by atoms with van der Waals surface area (Å²) < 4.78 is 0. The first-order chi connectivity index (χ1) is 10.2. The molecule has 1 aliphatic carbocycles. The van der Waals surface area contributed by atoms with Crippen molar-refractivity contribution in [3.63, 3.8) is 0 Å². The van der Waals surface area contributed by atoms with E-state index in [2.05, 4.69) is 21.9 Å². The molecule has 2 fully saturated rings. The molecule has 0 aromatic heterocycles. The van der Waals surface area contributed by atoms with E-state index < -0.39 is 0 Å². The van der Waals surface area contributed by atoms with Gasteiger partial charge in [-0.2, -0.15) is 0 Å². The van der Waals surface area contributed by atoms with Crippen molar-refractivity contribution in [1.82, 2.24) is 15.3 Å². The maximum absolute atomic E-state index is 4.72. The Morgan fingerprint density at radius 3 is 2.43 bits per heavy atom. The molecule has 0 bridgehead atoms. The number of guanidine groups is 1. The van der Waals surface area contributed by atoms with Crippen molar-refractivity contribution in [1.29, 1.82) is 0 Å². The number of hydrogen-bond donors (Lipinski definition) is 1. The molecule has 2 heterocycles. The van der Waals surface area contributed by atoms with Crippen LogP contribution in [0.15, 0.2) is 22.3 Å². The summed E-state index contributed by atoms with van der Waals surface area (Å²) in [5, 5.41) is 1.86. The minimum absolute atomic E-state index is 0.413. The lowest BCUT2D eigenvalue weighted by Crippen LogP contribution is -2.46. The van der Waals surface area contributed by atoms with Crippen LogP contribution in [0, 0.1) is 0 Å². The molecule has 0 aromatic rings. The molecule has 3 rings (SSSR count). The van der Waals surface area contributed by atoms with E-state index in [4.69, 9.17) is 4.99 Å². The van der Waals surface area contributed by atoms with Gasteiger partial charge in [0.05, 0.1) is 18.0 Å². The Bertz CT molecular complexity index is 403. The fourth-order valence-electron chi connectivity index (χ4n) is 2.84. The van der Waals surface area contributed by atoms with E-state index in [1.165, 1.54) is 32.4 Å². The summed E-state index contributed by atoms with van der Waals surface area (Å²) in [5.41, 5.74) is 4.00. The maximum atomic E-state index is 4.72.